The van der Waals surface area contributed by atoms with Gasteiger partial charge in [0, 0.05) is 19.4 Å². The molecule has 0 aliphatic rings. The fraction of sp³-hybridized carbons (Fsp3) is 0.551. The van der Waals surface area contributed by atoms with E-state index in [0.29, 0.717) is 6.42 Å². The van der Waals surface area contributed by atoms with E-state index in [1.165, 1.54) is 25.7 Å². The van der Waals surface area contributed by atoms with Crippen molar-refractivity contribution in [1.82, 2.24) is 0 Å². The highest BCUT2D eigenvalue weighted by molar-refractivity contribution is 7.47. The Labute approximate surface area is 363 Å². The predicted molar refractivity (Wildman–Crippen MR) is 248 cm³/mol. The van der Waals surface area contributed by atoms with E-state index in [0.717, 1.165) is 70.6 Å². The average Bonchev–Trinajstić information content (AvgIpc) is 3.23. The normalized spacial score (nSPS) is 14.9. The van der Waals surface area contributed by atoms with Crippen LogP contribution in [-0.4, -0.2) is 60.5 Å². The number of phosphoric ester groups is 1. The zero-order valence-electron chi connectivity index (χ0n) is 36.7. The Hall–Kier alpha value is -3.63. The van der Waals surface area contributed by atoms with Crippen molar-refractivity contribution in [2.24, 2.45) is 5.73 Å². The molecule has 0 aromatic rings. The van der Waals surface area contributed by atoms with E-state index in [1.54, 1.807) is 12.2 Å². The highest BCUT2D eigenvalue weighted by Gasteiger charge is 2.26. The molecule has 4 N–H and O–H groups in total. The SMILES string of the molecule is CC/C=C\C/C=C\C/C=C\C/C=C\C/C=C\C=C/C(O)CCC(=O)OC[C@H](COP(=O)(O)OCCN)OC(=O)CCCCC/C=C\C/C=C\C/C=C\C/C=C\CCCCC. The van der Waals surface area contributed by atoms with Crippen LogP contribution in [0.3, 0.4) is 0 Å². The summed E-state index contributed by atoms with van der Waals surface area (Å²) in [6.45, 7) is 3.24. The monoisotopic (exact) mass is 856 g/mol. The van der Waals surface area contributed by atoms with E-state index in [-0.39, 0.29) is 39.0 Å². The lowest BCUT2D eigenvalue weighted by atomic mass is 10.1. The third-order valence-corrected chi connectivity index (χ3v) is 9.43. The fourth-order valence-corrected chi connectivity index (χ4v) is 5.90. The number of phosphoric acid groups is 1. The van der Waals surface area contributed by atoms with E-state index < -0.39 is 38.6 Å². The van der Waals surface area contributed by atoms with Crippen LogP contribution in [0.15, 0.2) is 122 Å². The largest absolute Gasteiger partial charge is 0.472 e. The molecule has 0 saturated carbocycles. The Morgan fingerprint density at radius 2 is 1.12 bits per heavy atom. The highest BCUT2D eigenvalue weighted by atomic mass is 31.2. The van der Waals surface area contributed by atoms with Gasteiger partial charge in [0.05, 0.1) is 19.3 Å². The summed E-state index contributed by atoms with van der Waals surface area (Å²) in [5, 5.41) is 10.3. The highest BCUT2D eigenvalue weighted by Crippen LogP contribution is 2.43. The van der Waals surface area contributed by atoms with Crippen molar-refractivity contribution in [3.63, 3.8) is 0 Å². The molecule has 0 aromatic carbocycles. The van der Waals surface area contributed by atoms with Crippen LogP contribution in [0.4, 0.5) is 0 Å². The molecule has 60 heavy (non-hydrogen) atoms. The molecule has 338 valence electrons. The van der Waals surface area contributed by atoms with Crippen LogP contribution in [0, 0.1) is 0 Å². The van der Waals surface area contributed by atoms with Gasteiger partial charge in [-0.3, -0.25) is 18.6 Å². The fourth-order valence-electron chi connectivity index (χ4n) is 5.14. The molecule has 11 heteroatoms. The van der Waals surface area contributed by atoms with Gasteiger partial charge in [-0.05, 0) is 89.9 Å². The minimum Gasteiger partial charge on any atom is -0.462 e. The number of carbonyl (C=O) groups is 2. The summed E-state index contributed by atoms with van der Waals surface area (Å²) in [4.78, 5) is 34.9. The first-order valence-corrected chi connectivity index (χ1v) is 23.6. The first kappa shape index (κ1) is 56.4. The summed E-state index contributed by atoms with van der Waals surface area (Å²) in [6.07, 6.45) is 55.6. The van der Waals surface area contributed by atoms with Gasteiger partial charge in [0.1, 0.15) is 6.61 Å². The van der Waals surface area contributed by atoms with Crippen molar-refractivity contribution in [3.05, 3.63) is 122 Å². The first-order valence-electron chi connectivity index (χ1n) is 22.1. The van der Waals surface area contributed by atoms with Gasteiger partial charge >= 0.3 is 19.8 Å². The van der Waals surface area contributed by atoms with E-state index in [4.69, 9.17) is 24.3 Å². The lowest BCUT2D eigenvalue weighted by Gasteiger charge is -2.20. The van der Waals surface area contributed by atoms with Gasteiger partial charge in [-0.25, -0.2) is 4.57 Å². The van der Waals surface area contributed by atoms with Gasteiger partial charge in [-0.2, -0.15) is 0 Å². The number of unbranched alkanes of at least 4 members (excludes halogenated alkanes) is 6. The van der Waals surface area contributed by atoms with E-state index in [2.05, 4.69) is 111 Å². The van der Waals surface area contributed by atoms with Crippen molar-refractivity contribution in [2.75, 3.05) is 26.4 Å². The first-order chi connectivity index (χ1) is 29.2. The lowest BCUT2D eigenvalue weighted by molar-refractivity contribution is -0.161. The Balaban J connectivity index is 4.47. The second-order valence-electron chi connectivity index (χ2n) is 14.0. The smallest absolute Gasteiger partial charge is 0.462 e. The molecule has 2 unspecified atom stereocenters. The third-order valence-electron chi connectivity index (χ3n) is 8.45. The molecule has 0 aliphatic heterocycles. The average molecular weight is 856 g/mol. The Kier molecular flexibility index (Phi) is 40.8. The van der Waals surface area contributed by atoms with Crippen LogP contribution in [0.2, 0.25) is 0 Å². The van der Waals surface area contributed by atoms with Gasteiger partial charge < -0.3 is 25.2 Å². The maximum absolute atomic E-state index is 12.6. The second kappa shape index (κ2) is 43.5. The summed E-state index contributed by atoms with van der Waals surface area (Å²) >= 11 is 0. The van der Waals surface area contributed by atoms with Crippen molar-refractivity contribution in [1.29, 1.82) is 0 Å². The quantitative estimate of drug-likeness (QED) is 0.0179. The summed E-state index contributed by atoms with van der Waals surface area (Å²) < 4.78 is 32.6. The zero-order chi connectivity index (χ0) is 44.0. The van der Waals surface area contributed by atoms with Gasteiger partial charge in [-0.1, -0.05) is 155 Å². The molecule has 0 spiro atoms. The number of hydrogen-bond donors (Lipinski definition) is 3. The molecule has 0 heterocycles. The Bertz CT molecular complexity index is 1410. The van der Waals surface area contributed by atoms with Crippen LogP contribution in [0.5, 0.6) is 0 Å². The summed E-state index contributed by atoms with van der Waals surface area (Å²) in [6, 6.07) is 0. The third kappa shape index (κ3) is 42.5. The number of carbonyl (C=O) groups excluding carboxylic acids is 2. The summed E-state index contributed by atoms with van der Waals surface area (Å²) in [5.41, 5.74) is 5.33. The van der Waals surface area contributed by atoms with Crippen molar-refractivity contribution in [3.8, 4) is 0 Å². The topological polar surface area (TPSA) is 155 Å². The number of allylic oxidation sites excluding steroid dienone is 19. The number of aliphatic hydroxyl groups excluding tert-OH is 1. The number of rotatable bonds is 39. The number of hydrogen-bond acceptors (Lipinski definition) is 9. The minimum absolute atomic E-state index is 0.00963. The van der Waals surface area contributed by atoms with Gasteiger partial charge in [-0.15, -0.1) is 0 Å². The molecule has 0 amide bonds. The van der Waals surface area contributed by atoms with Crippen LogP contribution < -0.4 is 5.73 Å². The van der Waals surface area contributed by atoms with Crippen molar-refractivity contribution >= 4 is 19.8 Å². The molecule has 0 radical (unpaired) electrons. The number of esters is 2. The van der Waals surface area contributed by atoms with E-state index in [1.807, 2.05) is 12.2 Å². The van der Waals surface area contributed by atoms with Crippen molar-refractivity contribution in [2.45, 2.75) is 148 Å². The number of nitrogens with two attached hydrogens (primary N) is 1. The molecule has 10 nitrogen and oxygen atoms in total. The summed E-state index contributed by atoms with van der Waals surface area (Å²) in [7, 11) is -4.45. The molecular weight excluding hydrogens is 778 g/mol. The minimum atomic E-state index is -4.45. The molecular formula is C49H78NO9P. The molecule has 0 aromatic heterocycles. The van der Waals surface area contributed by atoms with Gasteiger partial charge in [0.2, 0.25) is 0 Å². The van der Waals surface area contributed by atoms with Crippen LogP contribution >= 0.6 is 7.82 Å². The lowest BCUT2D eigenvalue weighted by Crippen LogP contribution is -2.29. The molecule has 0 rings (SSSR count). The number of aliphatic hydroxyl groups is 1. The molecule has 3 atom stereocenters. The summed E-state index contributed by atoms with van der Waals surface area (Å²) in [5.74, 6) is -1.16. The second-order valence-corrected chi connectivity index (χ2v) is 15.5. The number of ether oxygens (including phenoxy) is 2. The molecule has 0 aliphatic carbocycles. The molecule has 0 bridgehead atoms. The van der Waals surface area contributed by atoms with E-state index >= 15 is 0 Å². The standard InChI is InChI=1S/C49H78NO9P/c1-3-5-7-9-11-13-15-17-19-21-22-23-25-27-29-31-33-35-37-39-49(53)59-47(45-58-60(54,55)57-43-42-50)44-56-48(52)41-40-46(51)38-36-34-32-30-28-26-24-20-18-16-14-12-10-8-6-4-2/h6,8,11-14,17-20,22-23,26-29,32,34,36,38,46-47,51H,3-5,7,9-10,15-16,21,24-25,30-31,33,35,37,39-45,50H2,1-2H3,(H,54,55)/b8-6-,13-11-,14-12-,19-17-,20-18-,23-22-,28-26-,29-27-,34-32-,38-36-/t46?,47-/m1/s1. The zero-order valence-corrected chi connectivity index (χ0v) is 37.6. The van der Waals surface area contributed by atoms with Gasteiger partial charge in [0.25, 0.3) is 0 Å². The maximum atomic E-state index is 12.6. The van der Waals surface area contributed by atoms with Gasteiger partial charge in [0.15, 0.2) is 6.10 Å². The van der Waals surface area contributed by atoms with E-state index in [9.17, 15) is 24.2 Å². The van der Waals surface area contributed by atoms with Crippen molar-refractivity contribution < 1.29 is 42.7 Å². The molecule has 0 saturated heterocycles. The Morgan fingerprint density at radius 3 is 1.65 bits per heavy atom. The maximum Gasteiger partial charge on any atom is 0.472 e. The van der Waals surface area contributed by atoms with Crippen LogP contribution in [-0.2, 0) is 32.7 Å². The predicted octanol–water partition coefficient (Wildman–Crippen LogP) is 11.9. The Morgan fingerprint density at radius 1 is 0.600 bits per heavy atom. The van der Waals surface area contributed by atoms with Crippen LogP contribution in [0.25, 0.3) is 0 Å². The molecule has 0 fully saturated rings. The van der Waals surface area contributed by atoms with Crippen LogP contribution in [0.1, 0.15) is 136 Å².